The molecule has 1 rings (SSSR count). The second kappa shape index (κ2) is 2.88. The Hall–Kier alpha value is -0.770. The Morgan fingerprint density at radius 2 is 2.40 bits per heavy atom. The third-order valence-electron chi connectivity index (χ3n) is 0.979. The quantitative estimate of drug-likeness (QED) is 0.515. The van der Waals surface area contributed by atoms with Gasteiger partial charge in [0, 0.05) is 22.3 Å². The van der Waals surface area contributed by atoms with Gasteiger partial charge >= 0.3 is 0 Å². The molecule has 0 aliphatic rings. The number of aldehydes is 1. The first-order valence-electron chi connectivity index (χ1n) is 2.50. The Balaban J connectivity index is 3.21. The molecule has 0 amide bonds. The van der Waals surface area contributed by atoms with E-state index in [9.17, 15) is 9.18 Å². The van der Waals surface area contributed by atoms with E-state index in [0.29, 0.717) is 10.8 Å². The van der Waals surface area contributed by atoms with E-state index in [1.54, 1.807) is 0 Å². The van der Waals surface area contributed by atoms with Gasteiger partial charge in [0.1, 0.15) is 0 Å². The molecule has 0 radical (unpaired) electrons. The van der Waals surface area contributed by atoms with Crippen LogP contribution in [0.4, 0.5) is 4.39 Å². The summed E-state index contributed by atoms with van der Waals surface area (Å²) in [6, 6.07) is 1.07. The van der Waals surface area contributed by atoms with Crippen LogP contribution in [0.1, 0.15) is 10.4 Å². The van der Waals surface area contributed by atoms with Crippen LogP contribution in [0.5, 0.6) is 0 Å². The zero-order chi connectivity index (χ0) is 7.56. The first kappa shape index (κ1) is 7.34. The van der Waals surface area contributed by atoms with Crippen molar-refractivity contribution in [3.63, 3.8) is 0 Å². The number of halogens is 2. The fourth-order valence-electron chi connectivity index (χ4n) is 0.518. The van der Waals surface area contributed by atoms with Crippen molar-refractivity contribution in [2.75, 3.05) is 0 Å². The van der Waals surface area contributed by atoms with Gasteiger partial charge in [0.15, 0.2) is 6.29 Å². The lowest BCUT2D eigenvalue weighted by Gasteiger charge is -1.92. The van der Waals surface area contributed by atoms with Gasteiger partial charge in [-0.25, -0.2) is 4.98 Å². The molecule has 10 heavy (non-hydrogen) atoms. The van der Waals surface area contributed by atoms with Gasteiger partial charge in [-0.1, -0.05) is 0 Å². The summed E-state index contributed by atoms with van der Waals surface area (Å²) in [4.78, 5) is 13.5. The Bertz CT molecular complexity index is 264. The summed E-state index contributed by atoms with van der Waals surface area (Å²) in [6.45, 7) is 0. The molecular weight excluding hydrogens is 201 g/mol. The largest absolute Gasteiger partial charge is 0.298 e. The van der Waals surface area contributed by atoms with Crippen LogP contribution in [0.25, 0.3) is 0 Å². The summed E-state index contributed by atoms with van der Waals surface area (Å²) in [5.41, 5.74) is 0.271. The predicted octanol–water partition coefficient (Wildman–Crippen LogP) is 1.80. The van der Waals surface area contributed by atoms with Crippen molar-refractivity contribution in [3.8, 4) is 0 Å². The highest BCUT2D eigenvalue weighted by Crippen LogP contribution is 2.12. The first-order valence-corrected chi connectivity index (χ1v) is 3.29. The van der Waals surface area contributed by atoms with Crippen LogP contribution in [0.15, 0.2) is 16.7 Å². The Labute approximate surface area is 65.2 Å². The number of hydrogen-bond donors (Lipinski definition) is 0. The Kier molecular flexibility index (Phi) is 2.11. The topological polar surface area (TPSA) is 30.0 Å². The van der Waals surface area contributed by atoms with E-state index >= 15 is 0 Å². The molecule has 2 nitrogen and oxygen atoms in total. The summed E-state index contributed by atoms with van der Waals surface area (Å²) in [6.07, 6.45) is 1.81. The van der Waals surface area contributed by atoms with Gasteiger partial charge in [0.2, 0.25) is 5.95 Å². The van der Waals surface area contributed by atoms with Gasteiger partial charge in [-0.3, -0.25) is 4.79 Å². The number of carbonyl (C=O) groups is 1. The van der Waals surface area contributed by atoms with Crippen LogP contribution < -0.4 is 0 Å². The molecule has 0 N–H and O–H groups in total. The molecule has 0 fully saturated rings. The van der Waals surface area contributed by atoms with E-state index in [2.05, 4.69) is 20.9 Å². The van der Waals surface area contributed by atoms with E-state index in [0.717, 1.165) is 6.07 Å². The average molecular weight is 204 g/mol. The number of rotatable bonds is 1. The maximum absolute atomic E-state index is 12.2. The molecule has 1 aromatic rings. The zero-order valence-corrected chi connectivity index (χ0v) is 6.43. The van der Waals surface area contributed by atoms with Crippen LogP contribution in [-0.4, -0.2) is 11.3 Å². The maximum Gasteiger partial charge on any atom is 0.213 e. The number of pyridine rings is 1. The van der Waals surface area contributed by atoms with E-state index in [1.165, 1.54) is 6.20 Å². The van der Waals surface area contributed by atoms with Gasteiger partial charge in [-0.2, -0.15) is 4.39 Å². The van der Waals surface area contributed by atoms with Gasteiger partial charge in [0.25, 0.3) is 0 Å². The zero-order valence-electron chi connectivity index (χ0n) is 4.84. The molecule has 1 aromatic heterocycles. The monoisotopic (exact) mass is 203 g/mol. The molecule has 0 spiro atoms. The predicted molar refractivity (Wildman–Crippen MR) is 37.3 cm³/mol. The number of nitrogens with zero attached hydrogens (tertiary/aromatic N) is 1. The molecule has 0 aliphatic heterocycles. The summed E-state index contributed by atoms with van der Waals surface area (Å²) in [5, 5.41) is 0. The number of aromatic nitrogens is 1. The fraction of sp³-hybridized carbons (Fsp3) is 0. The van der Waals surface area contributed by atoms with Crippen molar-refractivity contribution in [2.24, 2.45) is 0 Å². The smallest absolute Gasteiger partial charge is 0.213 e. The standard InChI is InChI=1S/C6H3BrFNO/c7-5-2-9-6(8)1-4(5)3-10/h1-3H. The Morgan fingerprint density at radius 3 is 2.90 bits per heavy atom. The molecule has 52 valence electrons. The number of carbonyl (C=O) groups excluding carboxylic acids is 1. The molecule has 4 heteroatoms. The molecule has 0 saturated carbocycles. The van der Waals surface area contributed by atoms with Gasteiger partial charge < -0.3 is 0 Å². The minimum absolute atomic E-state index is 0.271. The summed E-state index contributed by atoms with van der Waals surface area (Å²) < 4.78 is 12.7. The van der Waals surface area contributed by atoms with Crippen LogP contribution in [-0.2, 0) is 0 Å². The summed E-state index contributed by atoms with van der Waals surface area (Å²) >= 11 is 3.03. The van der Waals surface area contributed by atoms with Crippen LogP contribution in [0.2, 0.25) is 0 Å². The second-order valence-electron chi connectivity index (χ2n) is 1.65. The van der Waals surface area contributed by atoms with Crippen LogP contribution in [0.3, 0.4) is 0 Å². The van der Waals surface area contributed by atoms with E-state index in [-0.39, 0.29) is 5.56 Å². The SMILES string of the molecule is O=Cc1cc(F)ncc1Br. The van der Waals surface area contributed by atoms with Crippen molar-refractivity contribution in [1.29, 1.82) is 0 Å². The van der Waals surface area contributed by atoms with Crippen molar-refractivity contribution >= 4 is 22.2 Å². The van der Waals surface area contributed by atoms with Crippen molar-refractivity contribution in [3.05, 3.63) is 28.2 Å². The van der Waals surface area contributed by atoms with E-state index in [1.807, 2.05) is 0 Å². The molecule has 0 atom stereocenters. The molecule has 1 heterocycles. The van der Waals surface area contributed by atoms with E-state index in [4.69, 9.17) is 0 Å². The average Bonchev–Trinajstić information content (AvgIpc) is 1.94. The number of hydrogen-bond acceptors (Lipinski definition) is 2. The first-order chi connectivity index (χ1) is 4.74. The normalized spacial score (nSPS) is 9.40. The molecule has 0 saturated heterocycles. The fourth-order valence-corrected chi connectivity index (χ4v) is 0.828. The minimum atomic E-state index is -0.648. The summed E-state index contributed by atoms with van der Waals surface area (Å²) in [7, 11) is 0. The third kappa shape index (κ3) is 1.39. The lowest BCUT2D eigenvalue weighted by atomic mass is 10.3. The molecule has 0 aliphatic carbocycles. The van der Waals surface area contributed by atoms with Crippen molar-refractivity contribution < 1.29 is 9.18 Å². The van der Waals surface area contributed by atoms with Crippen LogP contribution in [0, 0.1) is 5.95 Å². The van der Waals surface area contributed by atoms with Gasteiger partial charge in [-0.05, 0) is 15.9 Å². The highest BCUT2D eigenvalue weighted by Gasteiger charge is 1.99. The molecule has 0 unspecified atom stereocenters. The van der Waals surface area contributed by atoms with Crippen LogP contribution >= 0.6 is 15.9 Å². The molecule has 0 bridgehead atoms. The molecule has 0 aromatic carbocycles. The van der Waals surface area contributed by atoms with Crippen molar-refractivity contribution in [2.45, 2.75) is 0 Å². The maximum atomic E-state index is 12.2. The van der Waals surface area contributed by atoms with E-state index < -0.39 is 5.95 Å². The molecular formula is C6H3BrFNO. The minimum Gasteiger partial charge on any atom is -0.298 e. The van der Waals surface area contributed by atoms with Gasteiger partial charge in [0.05, 0.1) is 0 Å². The highest BCUT2D eigenvalue weighted by molar-refractivity contribution is 9.10. The lowest BCUT2D eigenvalue weighted by molar-refractivity contribution is 0.112. The van der Waals surface area contributed by atoms with Crippen molar-refractivity contribution in [1.82, 2.24) is 4.98 Å². The second-order valence-corrected chi connectivity index (χ2v) is 2.50. The Morgan fingerprint density at radius 1 is 1.70 bits per heavy atom. The third-order valence-corrected chi connectivity index (χ3v) is 1.64. The highest BCUT2D eigenvalue weighted by atomic mass is 79.9. The summed E-state index contributed by atoms with van der Waals surface area (Å²) in [5.74, 6) is -0.648. The van der Waals surface area contributed by atoms with Gasteiger partial charge in [-0.15, -0.1) is 0 Å². The lowest BCUT2D eigenvalue weighted by Crippen LogP contribution is -1.87.